The molecular weight excluding hydrogens is 649 g/mol. The summed E-state index contributed by atoms with van der Waals surface area (Å²) >= 11 is 3.51. The lowest BCUT2D eigenvalue weighted by molar-refractivity contribution is 1.24. The van der Waals surface area contributed by atoms with Crippen molar-refractivity contribution >= 4 is 63.3 Å². The van der Waals surface area contributed by atoms with E-state index in [1.54, 1.807) is 22.7 Å². The Morgan fingerprint density at radius 3 is 1.08 bits per heavy atom. The summed E-state index contributed by atoms with van der Waals surface area (Å²) < 4.78 is 4.67. The first-order valence-corrected chi connectivity index (χ1v) is 18.1. The summed E-state index contributed by atoms with van der Waals surface area (Å²) in [5.74, 6) is 1.45. The fourth-order valence-corrected chi connectivity index (χ4v) is 8.95. The second-order valence-electron chi connectivity index (χ2n) is 12.2. The van der Waals surface area contributed by atoms with Crippen LogP contribution in [0.1, 0.15) is 0 Å². The van der Waals surface area contributed by atoms with Crippen LogP contribution < -0.4 is 0 Å². The standard InChI is InChI=1S/C44H26N4S2/c1-3-11-29(12-4-1)37-41-39(33-15-7-9-17-35(33)49-41)47-43(45-37)31-23-19-27(20-24-31)28-21-25-32(26-22-28)44-46-38(30-13-5-2-6-14-30)42-40(48-44)34-16-8-10-18-36(34)50-42/h1-26H. The summed E-state index contributed by atoms with van der Waals surface area (Å²) in [4.78, 5) is 20.5. The summed E-state index contributed by atoms with van der Waals surface area (Å²) in [7, 11) is 0. The molecule has 0 aliphatic rings. The van der Waals surface area contributed by atoms with Gasteiger partial charge in [0, 0.05) is 42.4 Å². The van der Waals surface area contributed by atoms with Gasteiger partial charge < -0.3 is 0 Å². The van der Waals surface area contributed by atoms with Gasteiger partial charge >= 0.3 is 0 Å². The number of hydrogen-bond donors (Lipinski definition) is 0. The lowest BCUT2D eigenvalue weighted by Gasteiger charge is -2.09. The Morgan fingerprint density at radius 2 is 0.660 bits per heavy atom. The molecule has 10 aromatic rings. The quantitative estimate of drug-likeness (QED) is 0.182. The van der Waals surface area contributed by atoms with Crippen molar-refractivity contribution in [3.63, 3.8) is 0 Å². The molecule has 6 aromatic carbocycles. The minimum Gasteiger partial charge on any atom is -0.226 e. The molecule has 4 nitrogen and oxygen atoms in total. The van der Waals surface area contributed by atoms with Crippen LogP contribution in [-0.2, 0) is 0 Å². The van der Waals surface area contributed by atoms with Gasteiger partial charge in [-0.2, -0.15) is 0 Å². The van der Waals surface area contributed by atoms with Crippen molar-refractivity contribution in [1.82, 2.24) is 19.9 Å². The van der Waals surface area contributed by atoms with Crippen molar-refractivity contribution < 1.29 is 0 Å². The Balaban J connectivity index is 1.02. The molecule has 10 rings (SSSR count). The zero-order chi connectivity index (χ0) is 33.0. The number of rotatable bonds is 5. The highest BCUT2D eigenvalue weighted by molar-refractivity contribution is 7.26. The molecule has 0 saturated carbocycles. The molecular formula is C44H26N4S2. The molecule has 0 aliphatic carbocycles. The monoisotopic (exact) mass is 674 g/mol. The van der Waals surface area contributed by atoms with Gasteiger partial charge in [-0.1, -0.05) is 146 Å². The van der Waals surface area contributed by atoms with E-state index in [1.807, 2.05) is 12.1 Å². The maximum atomic E-state index is 5.14. The van der Waals surface area contributed by atoms with Gasteiger partial charge in [0.15, 0.2) is 11.6 Å². The maximum absolute atomic E-state index is 5.14. The van der Waals surface area contributed by atoms with Gasteiger partial charge in [-0.3, -0.25) is 0 Å². The number of benzene rings is 6. The van der Waals surface area contributed by atoms with Crippen molar-refractivity contribution in [3.8, 4) is 56.4 Å². The third-order valence-electron chi connectivity index (χ3n) is 9.15. The van der Waals surface area contributed by atoms with Crippen LogP contribution in [0.2, 0.25) is 0 Å². The minimum absolute atomic E-state index is 0.726. The van der Waals surface area contributed by atoms with E-state index in [2.05, 4.69) is 146 Å². The first-order chi connectivity index (χ1) is 24.8. The first kappa shape index (κ1) is 28.9. The average Bonchev–Trinajstić information content (AvgIpc) is 3.77. The Bertz CT molecular complexity index is 2640. The number of aromatic nitrogens is 4. The van der Waals surface area contributed by atoms with Crippen LogP contribution in [0.3, 0.4) is 0 Å². The molecule has 0 radical (unpaired) electrons. The maximum Gasteiger partial charge on any atom is 0.160 e. The summed E-state index contributed by atoms with van der Waals surface area (Å²) in [5, 5.41) is 2.33. The number of nitrogens with zero attached hydrogens (tertiary/aromatic N) is 4. The number of hydrogen-bond acceptors (Lipinski definition) is 6. The van der Waals surface area contributed by atoms with Gasteiger partial charge in [0.25, 0.3) is 0 Å². The summed E-state index contributed by atoms with van der Waals surface area (Å²) in [6, 6.07) is 54.9. The number of fused-ring (bicyclic) bond motifs is 6. The van der Waals surface area contributed by atoms with Gasteiger partial charge in [0.1, 0.15) is 0 Å². The van der Waals surface area contributed by atoms with Crippen molar-refractivity contribution in [3.05, 3.63) is 158 Å². The van der Waals surface area contributed by atoms with Crippen LogP contribution in [0, 0.1) is 0 Å². The van der Waals surface area contributed by atoms with Gasteiger partial charge in [0.05, 0.1) is 31.8 Å². The summed E-state index contributed by atoms with van der Waals surface area (Å²) in [6.45, 7) is 0. The SMILES string of the molecule is c1ccc(-c2nc(-c3ccc(-c4ccc(-c5nc(-c6ccccc6)c6sc7ccccc7c6n5)cc4)cc3)nc3c2sc2ccccc23)cc1. The molecule has 0 amide bonds. The fraction of sp³-hybridized carbons (Fsp3) is 0. The third-order valence-corrected chi connectivity index (χ3v) is 11.5. The molecule has 0 unspecified atom stereocenters. The zero-order valence-corrected chi connectivity index (χ0v) is 28.2. The van der Waals surface area contributed by atoms with Gasteiger partial charge in [-0.05, 0) is 23.3 Å². The second-order valence-corrected chi connectivity index (χ2v) is 14.3. The first-order valence-electron chi connectivity index (χ1n) is 16.5. The highest BCUT2D eigenvalue weighted by atomic mass is 32.1. The summed E-state index contributed by atoms with van der Waals surface area (Å²) in [5.41, 5.74) is 10.3. The van der Waals surface area contributed by atoms with Gasteiger partial charge in [0.2, 0.25) is 0 Å². The highest BCUT2D eigenvalue weighted by Crippen LogP contribution is 2.41. The molecule has 0 N–H and O–H groups in total. The third kappa shape index (κ3) is 4.88. The van der Waals surface area contributed by atoms with Gasteiger partial charge in [-0.25, -0.2) is 19.9 Å². The molecule has 0 atom stereocenters. The Kier molecular flexibility index (Phi) is 6.82. The van der Waals surface area contributed by atoms with Crippen molar-refractivity contribution in [2.24, 2.45) is 0 Å². The lowest BCUT2D eigenvalue weighted by atomic mass is 10.0. The zero-order valence-electron chi connectivity index (χ0n) is 26.6. The molecule has 234 valence electrons. The van der Waals surface area contributed by atoms with Crippen LogP contribution in [0.25, 0.3) is 97.0 Å². The minimum atomic E-state index is 0.726. The molecule has 0 spiro atoms. The number of thiophene rings is 2. The van der Waals surface area contributed by atoms with Gasteiger partial charge in [-0.15, -0.1) is 22.7 Å². The van der Waals surface area contributed by atoms with E-state index < -0.39 is 0 Å². The van der Waals surface area contributed by atoms with E-state index in [9.17, 15) is 0 Å². The van der Waals surface area contributed by atoms with Crippen LogP contribution >= 0.6 is 22.7 Å². The predicted octanol–water partition coefficient (Wildman–Crippen LogP) is 12.3. The van der Waals surface area contributed by atoms with E-state index >= 15 is 0 Å². The van der Waals surface area contributed by atoms with Crippen LogP contribution in [0.5, 0.6) is 0 Å². The molecule has 0 bridgehead atoms. The second kappa shape index (κ2) is 11.8. The largest absolute Gasteiger partial charge is 0.226 e. The van der Waals surface area contributed by atoms with Crippen molar-refractivity contribution in [2.75, 3.05) is 0 Å². The molecule has 0 aliphatic heterocycles. The van der Waals surface area contributed by atoms with E-state index in [1.165, 1.54) is 9.40 Å². The van der Waals surface area contributed by atoms with Crippen LogP contribution in [-0.4, -0.2) is 19.9 Å². The molecule has 50 heavy (non-hydrogen) atoms. The van der Waals surface area contributed by atoms with E-state index in [4.69, 9.17) is 19.9 Å². The van der Waals surface area contributed by atoms with Crippen LogP contribution in [0.4, 0.5) is 0 Å². The predicted molar refractivity (Wildman–Crippen MR) is 211 cm³/mol. The highest BCUT2D eigenvalue weighted by Gasteiger charge is 2.18. The van der Waals surface area contributed by atoms with E-state index in [-0.39, 0.29) is 0 Å². The average molecular weight is 675 g/mol. The normalized spacial score (nSPS) is 11.6. The lowest BCUT2D eigenvalue weighted by Crippen LogP contribution is -1.94. The molecule has 0 fully saturated rings. The molecule has 4 aromatic heterocycles. The Labute approximate surface area is 296 Å². The van der Waals surface area contributed by atoms with E-state index in [0.29, 0.717) is 0 Å². The summed E-state index contributed by atoms with van der Waals surface area (Å²) in [6.07, 6.45) is 0. The van der Waals surface area contributed by atoms with Crippen molar-refractivity contribution in [1.29, 1.82) is 0 Å². The van der Waals surface area contributed by atoms with Crippen LogP contribution in [0.15, 0.2) is 158 Å². The Morgan fingerprint density at radius 1 is 0.300 bits per heavy atom. The topological polar surface area (TPSA) is 51.6 Å². The molecule has 4 heterocycles. The molecule has 0 saturated heterocycles. The molecule has 6 heteroatoms. The van der Waals surface area contributed by atoms with Crippen molar-refractivity contribution in [2.45, 2.75) is 0 Å². The fourth-order valence-electron chi connectivity index (χ4n) is 6.65. The van der Waals surface area contributed by atoms with E-state index in [0.717, 1.165) is 87.6 Å². The Hall–Kier alpha value is -6.08. The smallest absolute Gasteiger partial charge is 0.160 e.